The minimum Gasteiger partial charge on any atom is -0.480 e. The number of hydrogen-bond acceptors (Lipinski definition) is 3. The van der Waals surface area contributed by atoms with Gasteiger partial charge in [0.15, 0.2) is 0 Å². The molecule has 1 aliphatic rings. The van der Waals surface area contributed by atoms with Crippen LogP contribution >= 0.6 is 0 Å². The van der Waals surface area contributed by atoms with Gasteiger partial charge in [0, 0.05) is 12.6 Å². The molecule has 3 unspecified atom stereocenters. The Morgan fingerprint density at radius 3 is 2.72 bits per heavy atom. The first kappa shape index (κ1) is 15.0. The zero-order chi connectivity index (χ0) is 13.7. The van der Waals surface area contributed by atoms with Crippen LogP contribution < -0.4 is 5.32 Å². The third kappa shape index (κ3) is 3.98. The molecule has 2 N–H and O–H groups in total. The van der Waals surface area contributed by atoms with E-state index in [9.17, 15) is 14.7 Å². The Balaban J connectivity index is 2.56. The van der Waals surface area contributed by atoms with E-state index in [4.69, 9.17) is 0 Å². The number of carboxylic acids is 1. The maximum atomic E-state index is 12.0. The summed E-state index contributed by atoms with van der Waals surface area (Å²) in [4.78, 5) is 24.7. The summed E-state index contributed by atoms with van der Waals surface area (Å²) in [5.74, 6) is -0.620. The molecule has 1 amide bonds. The Morgan fingerprint density at radius 1 is 1.50 bits per heavy atom. The lowest BCUT2D eigenvalue weighted by Crippen LogP contribution is -2.52. The third-order valence-corrected chi connectivity index (χ3v) is 3.68. The van der Waals surface area contributed by atoms with Crippen LogP contribution in [0.25, 0.3) is 0 Å². The Morgan fingerprint density at radius 2 is 2.17 bits per heavy atom. The van der Waals surface area contributed by atoms with Crippen LogP contribution in [0.3, 0.4) is 0 Å². The number of rotatable bonds is 5. The van der Waals surface area contributed by atoms with Crippen LogP contribution in [0.15, 0.2) is 0 Å². The summed E-state index contributed by atoms with van der Waals surface area (Å²) in [6.45, 7) is 6.88. The normalized spacial score (nSPS) is 25.8. The number of carbonyl (C=O) groups is 2. The van der Waals surface area contributed by atoms with Crippen LogP contribution in [0.2, 0.25) is 0 Å². The van der Waals surface area contributed by atoms with Crippen LogP contribution in [0.4, 0.5) is 0 Å². The number of likely N-dealkylation sites (tertiary alicyclic amines) is 1. The third-order valence-electron chi connectivity index (χ3n) is 3.68. The molecule has 0 aromatic carbocycles. The number of piperidine rings is 1. The fourth-order valence-electron chi connectivity index (χ4n) is 2.18. The van der Waals surface area contributed by atoms with E-state index in [1.807, 2.05) is 20.8 Å². The van der Waals surface area contributed by atoms with Crippen molar-refractivity contribution in [1.82, 2.24) is 10.2 Å². The largest absolute Gasteiger partial charge is 0.480 e. The standard InChI is InChI=1S/C13H24N2O3/c1-4-10(3)14-8-12(16)15-6-5-9(2)7-11(15)13(17)18/h9-11,14H,4-8H2,1-3H3,(H,17,18). The molecule has 0 spiro atoms. The molecule has 0 radical (unpaired) electrons. The van der Waals surface area contributed by atoms with Gasteiger partial charge in [-0.15, -0.1) is 0 Å². The molecular formula is C13H24N2O3. The predicted octanol–water partition coefficient (Wildman–Crippen LogP) is 1.09. The fraction of sp³-hybridized carbons (Fsp3) is 0.846. The maximum Gasteiger partial charge on any atom is 0.326 e. The van der Waals surface area contributed by atoms with Gasteiger partial charge in [-0.1, -0.05) is 13.8 Å². The van der Waals surface area contributed by atoms with Gasteiger partial charge in [-0.25, -0.2) is 4.79 Å². The van der Waals surface area contributed by atoms with Crippen molar-refractivity contribution < 1.29 is 14.7 Å². The smallest absolute Gasteiger partial charge is 0.326 e. The van der Waals surface area contributed by atoms with Crippen LogP contribution in [0.5, 0.6) is 0 Å². The van der Waals surface area contributed by atoms with Crippen molar-refractivity contribution in [3.63, 3.8) is 0 Å². The molecule has 3 atom stereocenters. The summed E-state index contributed by atoms with van der Waals surface area (Å²) in [6.07, 6.45) is 2.40. The molecular weight excluding hydrogens is 232 g/mol. The summed E-state index contributed by atoms with van der Waals surface area (Å²) < 4.78 is 0. The van der Waals surface area contributed by atoms with E-state index in [-0.39, 0.29) is 18.5 Å². The first-order valence-corrected chi connectivity index (χ1v) is 6.71. The van der Waals surface area contributed by atoms with E-state index >= 15 is 0 Å². The van der Waals surface area contributed by atoms with E-state index in [1.54, 1.807) is 0 Å². The van der Waals surface area contributed by atoms with Crippen LogP contribution in [-0.2, 0) is 9.59 Å². The molecule has 0 aromatic heterocycles. The topological polar surface area (TPSA) is 69.6 Å². The molecule has 104 valence electrons. The van der Waals surface area contributed by atoms with Crippen molar-refractivity contribution in [2.45, 2.75) is 52.1 Å². The second-order valence-corrected chi connectivity index (χ2v) is 5.26. The van der Waals surface area contributed by atoms with E-state index in [1.165, 1.54) is 4.90 Å². The molecule has 1 aliphatic heterocycles. The van der Waals surface area contributed by atoms with Crippen molar-refractivity contribution in [1.29, 1.82) is 0 Å². The molecule has 1 heterocycles. The number of carbonyl (C=O) groups excluding carboxylic acids is 1. The number of carboxylic acid groups (broad SMARTS) is 1. The van der Waals surface area contributed by atoms with Gasteiger partial charge in [-0.3, -0.25) is 4.79 Å². The average Bonchev–Trinajstić information content (AvgIpc) is 2.35. The number of nitrogens with one attached hydrogen (secondary N) is 1. The highest BCUT2D eigenvalue weighted by Gasteiger charge is 2.34. The molecule has 0 aromatic rings. The zero-order valence-corrected chi connectivity index (χ0v) is 11.5. The minimum atomic E-state index is -0.890. The van der Waals surface area contributed by atoms with Crippen LogP contribution in [-0.4, -0.2) is 47.1 Å². The van der Waals surface area contributed by atoms with E-state index in [2.05, 4.69) is 5.32 Å². The molecule has 1 rings (SSSR count). The van der Waals surface area contributed by atoms with Crippen molar-refractivity contribution in [3.05, 3.63) is 0 Å². The van der Waals surface area contributed by atoms with E-state index < -0.39 is 12.0 Å². The Bertz CT molecular complexity index is 307. The number of hydrogen-bond donors (Lipinski definition) is 2. The molecule has 0 saturated carbocycles. The monoisotopic (exact) mass is 256 g/mol. The van der Waals surface area contributed by atoms with Gasteiger partial charge in [0.25, 0.3) is 0 Å². The van der Waals surface area contributed by atoms with Crippen LogP contribution in [0, 0.1) is 5.92 Å². The summed E-state index contributed by atoms with van der Waals surface area (Å²) in [7, 11) is 0. The molecule has 0 aliphatic carbocycles. The number of nitrogens with zero attached hydrogens (tertiary/aromatic N) is 1. The maximum absolute atomic E-state index is 12.0. The highest BCUT2D eigenvalue weighted by atomic mass is 16.4. The lowest BCUT2D eigenvalue weighted by Gasteiger charge is -2.36. The highest BCUT2D eigenvalue weighted by Crippen LogP contribution is 2.22. The summed E-state index contributed by atoms with van der Waals surface area (Å²) in [6, 6.07) is -0.374. The van der Waals surface area contributed by atoms with Gasteiger partial charge in [0.2, 0.25) is 5.91 Å². The van der Waals surface area contributed by atoms with E-state index in [0.717, 1.165) is 12.8 Å². The summed E-state index contributed by atoms with van der Waals surface area (Å²) in [5, 5.41) is 12.3. The predicted molar refractivity (Wildman–Crippen MR) is 69.3 cm³/mol. The second-order valence-electron chi connectivity index (χ2n) is 5.26. The first-order chi connectivity index (χ1) is 8.45. The van der Waals surface area contributed by atoms with Crippen molar-refractivity contribution >= 4 is 11.9 Å². The zero-order valence-electron chi connectivity index (χ0n) is 11.5. The van der Waals surface area contributed by atoms with Crippen molar-refractivity contribution in [2.24, 2.45) is 5.92 Å². The van der Waals surface area contributed by atoms with Gasteiger partial charge in [-0.2, -0.15) is 0 Å². The molecule has 5 nitrogen and oxygen atoms in total. The van der Waals surface area contributed by atoms with Gasteiger partial charge >= 0.3 is 5.97 Å². The molecule has 1 fully saturated rings. The van der Waals surface area contributed by atoms with Crippen LogP contribution in [0.1, 0.15) is 40.0 Å². The number of aliphatic carboxylic acids is 1. The Labute approximate surface area is 109 Å². The lowest BCUT2D eigenvalue weighted by atomic mass is 9.92. The van der Waals surface area contributed by atoms with Gasteiger partial charge < -0.3 is 15.3 Å². The Hall–Kier alpha value is -1.10. The van der Waals surface area contributed by atoms with Crippen molar-refractivity contribution in [2.75, 3.05) is 13.1 Å². The second kappa shape index (κ2) is 6.73. The molecule has 1 saturated heterocycles. The minimum absolute atomic E-state index is 0.102. The summed E-state index contributed by atoms with van der Waals surface area (Å²) in [5.41, 5.74) is 0. The average molecular weight is 256 g/mol. The molecule has 18 heavy (non-hydrogen) atoms. The lowest BCUT2D eigenvalue weighted by molar-refractivity contribution is -0.152. The molecule has 0 bridgehead atoms. The van der Waals surface area contributed by atoms with Crippen molar-refractivity contribution in [3.8, 4) is 0 Å². The SMILES string of the molecule is CCC(C)NCC(=O)N1CCC(C)CC1C(=O)O. The highest BCUT2D eigenvalue weighted by molar-refractivity contribution is 5.85. The number of amides is 1. The quantitative estimate of drug-likeness (QED) is 0.772. The fourth-order valence-corrected chi connectivity index (χ4v) is 2.18. The summed E-state index contributed by atoms with van der Waals surface area (Å²) >= 11 is 0. The molecule has 5 heteroatoms. The first-order valence-electron chi connectivity index (χ1n) is 6.71. The van der Waals surface area contributed by atoms with Gasteiger partial charge in [0.05, 0.1) is 6.54 Å². The van der Waals surface area contributed by atoms with Gasteiger partial charge in [-0.05, 0) is 32.1 Å². The van der Waals surface area contributed by atoms with E-state index in [0.29, 0.717) is 18.9 Å². The Kier molecular flexibility index (Phi) is 5.59. The van der Waals surface area contributed by atoms with Gasteiger partial charge in [0.1, 0.15) is 6.04 Å².